The van der Waals surface area contributed by atoms with Gasteiger partial charge in [0, 0.05) is 45.1 Å². The highest BCUT2D eigenvalue weighted by Gasteiger charge is 2.40. The summed E-state index contributed by atoms with van der Waals surface area (Å²) in [6, 6.07) is 25.0. The van der Waals surface area contributed by atoms with Crippen molar-refractivity contribution in [2.75, 3.05) is 0 Å². The molecule has 0 unspecified atom stereocenters. The standard InChI is InChI=1S/C60H66N2O4/c1-5-9-13-17-21-37(22-18-14-10-6-2)61-57(63)47-33-29-43-39-25-27-41-45-31-35-49-56-50(60(66)62(59(49)65)38(23-19-15-11-7-3)24-20-16-12-8-4)36-32-46(54(45)56)42-28-26-40(51(39)52(41)42)44-30-34-48(58(61)64)55(47)53(43)44/h25-38H,5-24H2,1-4H3. The number of hydrogen-bond acceptors (Lipinski definition) is 4. The molecule has 6 heteroatoms. The van der Waals surface area contributed by atoms with Crippen molar-refractivity contribution in [2.45, 2.75) is 168 Å². The zero-order valence-electron chi connectivity index (χ0n) is 39.8. The second-order valence-corrected chi connectivity index (χ2v) is 19.9. The molecule has 0 N–H and O–H groups in total. The summed E-state index contributed by atoms with van der Waals surface area (Å²) in [4.78, 5) is 62.0. The predicted octanol–water partition coefficient (Wildman–Crippen LogP) is 16.4. The average Bonchev–Trinajstić information content (AvgIpc) is 3.33. The summed E-state index contributed by atoms with van der Waals surface area (Å²) in [7, 11) is 0. The first kappa shape index (κ1) is 44.2. The molecule has 66 heavy (non-hydrogen) atoms. The second kappa shape index (κ2) is 18.6. The maximum atomic E-state index is 14.7. The zero-order valence-corrected chi connectivity index (χ0v) is 39.8. The van der Waals surface area contributed by atoms with Crippen LogP contribution >= 0.6 is 0 Å². The minimum Gasteiger partial charge on any atom is -0.271 e. The third kappa shape index (κ3) is 7.11. The first-order chi connectivity index (χ1) is 32.3. The molecule has 6 nitrogen and oxygen atoms in total. The lowest BCUT2D eigenvalue weighted by molar-refractivity contribution is 0.0501. The van der Waals surface area contributed by atoms with Crippen LogP contribution in [0.2, 0.25) is 0 Å². The van der Waals surface area contributed by atoms with E-state index >= 15 is 0 Å². The van der Waals surface area contributed by atoms with Gasteiger partial charge >= 0.3 is 0 Å². The first-order valence-corrected chi connectivity index (χ1v) is 25.9. The highest BCUT2D eigenvalue weighted by Crippen LogP contribution is 2.50. The molecule has 0 fully saturated rings. The molecule has 0 radical (unpaired) electrons. The maximum absolute atomic E-state index is 14.7. The Morgan fingerprint density at radius 1 is 0.288 bits per heavy atom. The van der Waals surface area contributed by atoms with Crippen LogP contribution in [0, 0.1) is 0 Å². The van der Waals surface area contributed by atoms with Crippen molar-refractivity contribution in [2.24, 2.45) is 0 Å². The van der Waals surface area contributed by atoms with Gasteiger partial charge in [-0.1, -0.05) is 179 Å². The van der Waals surface area contributed by atoms with Crippen LogP contribution in [-0.4, -0.2) is 45.5 Å². The van der Waals surface area contributed by atoms with Crippen LogP contribution in [0.4, 0.5) is 0 Å². The van der Waals surface area contributed by atoms with E-state index in [4.69, 9.17) is 0 Å². The minimum atomic E-state index is -0.158. The van der Waals surface area contributed by atoms with Gasteiger partial charge in [0.15, 0.2) is 0 Å². The molecule has 8 aromatic carbocycles. The number of fused-ring (bicyclic) bond motifs is 4. The summed E-state index contributed by atoms with van der Waals surface area (Å²) in [5, 5.41) is 14.4. The molecule has 0 aromatic heterocycles. The molecule has 8 aromatic rings. The number of unbranched alkanes of at least 4 members (excludes halogenated alkanes) is 12. The molecule has 0 bridgehead atoms. The molecule has 0 saturated heterocycles. The Labute approximate surface area is 389 Å². The Bertz CT molecular complexity index is 2760. The number of carbonyl (C=O) groups excluding carboxylic acids is 4. The number of amides is 4. The van der Waals surface area contributed by atoms with Gasteiger partial charge in [-0.25, -0.2) is 0 Å². The van der Waals surface area contributed by atoms with E-state index in [1.165, 1.54) is 25.7 Å². The first-order valence-electron chi connectivity index (χ1n) is 25.9. The number of rotatable bonds is 22. The van der Waals surface area contributed by atoms with Crippen LogP contribution in [0.15, 0.2) is 72.8 Å². The molecule has 0 aliphatic carbocycles. The molecule has 340 valence electrons. The maximum Gasteiger partial charge on any atom is 0.261 e. The summed E-state index contributed by atoms with van der Waals surface area (Å²) in [5.41, 5.74) is 2.51. The fourth-order valence-corrected chi connectivity index (χ4v) is 12.4. The van der Waals surface area contributed by atoms with Crippen molar-refractivity contribution in [3.63, 3.8) is 0 Å². The second-order valence-electron chi connectivity index (χ2n) is 19.9. The van der Waals surface area contributed by atoms with E-state index in [9.17, 15) is 19.2 Å². The molecule has 2 heterocycles. The lowest BCUT2D eigenvalue weighted by Crippen LogP contribution is -2.47. The van der Waals surface area contributed by atoms with E-state index in [-0.39, 0.29) is 35.7 Å². The molecule has 0 atom stereocenters. The summed E-state index contributed by atoms with van der Waals surface area (Å²) in [6.07, 6.45) is 21.2. The van der Waals surface area contributed by atoms with Gasteiger partial charge in [-0.15, -0.1) is 0 Å². The van der Waals surface area contributed by atoms with Crippen molar-refractivity contribution >= 4 is 99.0 Å². The molecule has 2 aliphatic rings. The number of nitrogens with zero attached hydrogens (tertiary/aromatic N) is 2. The Hall–Kier alpha value is -5.62. The Kier molecular flexibility index (Phi) is 12.4. The normalized spacial score (nSPS) is 14.4. The lowest BCUT2D eigenvalue weighted by atomic mass is 9.80. The summed E-state index contributed by atoms with van der Waals surface area (Å²) in [6.45, 7) is 8.86. The van der Waals surface area contributed by atoms with E-state index in [0.29, 0.717) is 22.3 Å². The van der Waals surface area contributed by atoms with E-state index in [1.807, 2.05) is 24.3 Å². The monoisotopic (exact) mass is 879 g/mol. The van der Waals surface area contributed by atoms with Gasteiger partial charge in [-0.05, 0) is 115 Å². The summed E-state index contributed by atoms with van der Waals surface area (Å²) < 4.78 is 0. The van der Waals surface area contributed by atoms with Crippen LogP contribution in [0.25, 0.3) is 75.4 Å². The number of benzene rings is 8. The third-order valence-corrected chi connectivity index (χ3v) is 15.7. The lowest BCUT2D eigenvalue weighted by Gasteiger charge is -2.35. The van der Waals surface area contributed by atoms with Crippen LogP contribution in [0.5, 0.6) is 0 Å². The number of hydrogen-bond donors (Lipinski definition) is 0. The van der Waals surface area contributed by atoms with E-state index in [1.54, 1.807) is 9.80 Å². The molecule has 0 spiro atoms. The minimum absolute atomic E-state index is 0.104. The SMILES string of the molecule is CCCCCCC(CCCCCC)N1C(=O)c2ccc3c4ccc5c6ccc7c8c(ccc(c9ccc(c%10ccc(c2c3%10)C1=O)c4c59)c86)C(=O)N(C(CCCCCC)CCCCCC)C7=O. The highest BCUT2D eigenvalue weighted by atomic mass is 16.2. The third-order valence-electron chi connectivity index (χ3n) is 15.7. The molecule has 2 aliphatic heterocycles. The smallest absolute Gasteiger partial charge is 0.261 e. The Balaban J connectivity index is 1.08. The van der Waals surface area contributed by atoms with Crippen LogP contribution < -0.4 is 0 Å². The number of carbonyl (C=O) groups is 4. The highest BCUT2D eigenvalue weighted by molar-refractivity contribution is 6.45. The van der Waals surface area contributed by atoms with E-state index < -0.39 is 0 Å². The van der Waals surface area contributed by atoms with Gasteiger partial charge in [0.2, 0.25) is 0 Å². The van der Waals surface area contributed by atoms with Gasteiger partial charge in [0.25, 0.3) is 23.6 Å². The topological polar surface area (TPSA) is 74.8 Å². The fourth-order valence-electron chi connectivity index (χ4n) is 12.4. The quantitative estimate of drug-likeness (QED) is 0.0294. The van der Waals surface area contributed by atoms with Crippen molar-refractivity contribution in [3.8, 4) is 0 Å². The van der Waals surface area contributed by atoms with Crippen LogP contribution in [0.3, 0.4) is 0 Å². The molecular formula is C60H66N2O4. The molecule has 0 saturated carbocycles. The van der Waals surface area contributed by atoms with Crippen molar-refractivity contribution in [1.29, 1.82) is 0 Å². The van der Waals surface area contributed by atoms with Crippen LogP contribution in [0.1, 0.15) is 198 Å². The predicted molar refractivity (Wildman–Crippen MR) is 275 cm³/mol. The van der Waals surface area contributed by atoms with E-state index in [2.05, 4.69) is 76.2 Å². The largest absolute Gasteiger partial charge is 0.271 e. The van der Waals surface area contributed by atoms with E-state index in [0.717, 1.165) is 178 Å². The fraction of sp³-hybridized carbons (Fsp3) is 0.433. The van der Waals surface area contributed by atoms with Gasteiger partial charge in [-0.3, -0.25) is 29.0 Å². The van der Waals surface area contributed by atoms with Crippen LogP contribution in [-0.2, 0) is 0 Å². The Morgan fingerprint density at radius 2 is 0.500 bits per heavy atom. The molecule has 4 amide bonds. The van der Waals surface area contributed by atoms with Gasteiger partial charge < -0.3 is 0 Å². The zero-order chi connectivity index (χ0) is 45.6. The van der Waals surface area contributed by atoms with Crippen molar-refractivity contribution < 1.29 is 19.2 Å². The van der Waals surface area contributed by atoms with Gasteiger partial charge in [-0.2, -0.15) is 0 Å². The number of imide groups is 2. The Morgan fingerprint density at radius 3 is 0.727 bits per heavy atom. The molecular weight excluding hydrogens is 813 g/mol. The summed E-state index contributed by atoms with van der Waals surface area (Å²) in [5.74, 6) is -0.632. The molecule has 10 rings (SSSR count). The summed E-state index contributed by atoms with van der Waals surface area (Å²) >= 11 is 0. The van der Waals surface area contributed by atoms with Gasteiger partial charge in [0.1, 0.15) is 0 Å². The van der Waals surface area contributed by atoms with Crippen molar-refractivity contribution in [3.05, 3.63) is 95.1 Å². The van der Waals surface area contributed by atoms with Crippen molar-refractivity contribution in [1.82, 2.24) is 9.80 Å². The average molecular weight is 879 g/mol. The van der Waals surface area contributed by atoms with Gasteiger partial charge in [0.05, 0.1) is 0 Å².